The summed E-state index contributed by atoms with van der Waals surface area (Å²) in [4.78, 5) is 25.4. The summed E-state index contributed by atoms with van der Waals surface area (Å²) >= 11 is 0. The summed E-state index contributed by atoms with van der Waals surface area (Å²) in [7, 11) is -1.76. The highest BCUT2D eigenvalue weighted by atomic mass is 32.2. The van der Waals surface area contributed by atoms with Gasteiger partial charge in [0.2, 0.25) is 0 Å². The summed E-state index contributed by atoms with van der Waals surface area (Å²) < 4.78 is 20.6. The third kappa shape index (κ3) is 6.99. The van der Waals surface area contributed by atoms with Crippen molar-refractivity contribution in [3.63, 3.8) is 0 Å². The van der Waals surface area contributed by atoms with Crippen LogP contribution in [0.15, 0.2) is 59.5 Å². The van der Waals surface area contributed by atoms with Crippen molar-refractivity contribution in [2.75, 3.05) is 0 Å². The number of carbonyl (C=O) groups excluding carboxylic acids is 2. The minimum Gasteiger partial charge on any atom is -0.444 e. The van der Waals surface area contributed by atoms with Crippen LogP contribution >= 0.6 is 0 Å². The fourth-order valence-corrected chi connectivity index (χ4v) is 3.64. The maximum absolute atomic E-state index is 12.8. The van der Waals surface area contributed by atoms with Gasteiger partial charge in [-0.25, -0.2) is 9.00 Å². The normalized spacial score (nSPS) is 14.3. The second kappa shape index (κ2) is 10.4. The Labute approximate surface area is 181 Å². The molecule has 2 aromatic rings. The van der Waals surface area contributed by atoms with Gasteiger partial charge in [-0.1, -0.05) is 62.7 Å². The van der Waals surface area contributed by atoms with Crippen molar-refractivity contribution >= 4 is 23.0 Å². The molecule has 0 spiro atoms. The number of rotatable bonds is 7. The van der Waals surface area contributed by atoms with Gasteiger partial charge in [0.25, 0.3) is 5.91 Å². The molecule has 2 amide bonds. The minimum absolute atomic E-state index is 0.162. The fourth-order valence-electron chi connectivity index (χ4n) is 2.77. The van der Waals surface area contributed by atoms with Crippen LogP contribution in [0.4, 0.5) is 4.79 Å². The monoisotopic (exact) mass is 430 g/mol. The number of hydrogen-bond donors (Lipinski definition) is 2. The molecular formula is C23H30N2O4S. The summed E-state index contributed by atoms with van der Waals surface area (Å²) in [5.74, 6) is -0.677. The predicted octanol–water partition coefficient (Wildman–Crippen LogP) is 4.43. The molecule has 2 N–H and O–H groups in total. The maximum atomic E-state index is 12.8. The Morgan fingerprint density at radius 2 is 1.67 bits per heavy atom. The summed E-state index contributed by atoms with van der Waals surface area (Å²) in [6.07, 6.45) is -0.0240. The Kier molecular flexibility index (Phi) is 8.17. The van der Waals surface area contributed by atoms with E-state index in [4.69, 9.17) is 4.74 Å². The number of carbonyl (C=O) groups is 2. The molecule has 2 aromatic carbocycles. The molecule has 0 aliphatic carbocycles. The van der Waals surface area contributed by atoms with Gasteiger partial charge >= 0.3 is 6.09 Å². The zero-order chi connectivity index (χ0) is 22.3. The number of ether oxygens (including phenoxy) is 1. The van der Waals surface area contributed by atoms with Crippen LogP contribution in [0.5, 0.6) is 0 Å². The molecule has 30 heavy (non-hydrogen) atoms. The topological polar surface area (TPSA) is 84.5 Å². The maximum Gasteiger partial charge on any atom is 0.408 e. The average Bonchev–Trinajstić information content (AvgIpc) is 2.70. The Morgan fingerprint density at radius 1 is 1.03 bits per heavy atom. The van der Waals surface area contributed by atoms with E-state index in [-0.39, 0.29) is 5.92 Å². The SMILES string of the molecule is CC[C@H](C)[C@H](NC(=O)OC(C)(C)C)C(=O)NS(=O)c1cccc(-c2ccccc2)c1. The summed E-state index contributed by atoms with van der Waals surface area (Å²) in [5.41, 5.74) is 1.22. The third-order valence-electron chi connectivity index (χ3n) is 4.52. The number of hydrogen-bond acceptors (Lipinski definition) is 4. The highest BCUT2D eigenvalue weighted by Gasteiger charge is 2.29. The van der Waals surface area contributed by atoms with Crippen molar-refractivity contribution in [1.29, 1.82) is 0 Å². The lowest BCUT2D eigenvalue weighted by Gasteiger charge is -2.26. The lowest BCUT2D eigenvalue weighted by molar-refractivity contribution is -0.122. The van der Waals surface area contributed by atoms with E-state index in [9.17, 15) is 13.8 Å². The van der Waals surface area contributed by atoms with Crippen molar-refractivity contribution in [1.82, 2.24) is 10.0 Å². The first-order valence-corrected chi connectivity index (χ1v) is 11.1. The smallest absolute Gasteiger partial charge is 0.408 e. The molecule has 0 radical (unpaired) electrons. The summed E-state index contributed by atoms with van der Waals surface area (Å²) in [6, 6.07) is 16.1. The van der Waals surface area contributed by atoms with E-state index < -0.39 is 34.6 Å². The number of amides is 2. The first-order chi connectivity index (χ1) is 14.1. The third-order valence-corrected chi connectivity index (χ3v) is 5.58. The Balaban J connectivity index is 2.13. The van der Waals surface area contributed by atoms with Gasteiger partial charge in [0, 0.05) is 0 Å². The minimum atomic E-state index is -1.76. The molecule has 0 aromatic heterocycles. The van der Waals surface area contributed by atoms with Crippen LogP contribution in [-0.4, -0.2) is 27.9 Å². The van der Waals surface area contributed by atoms with Gasteiger partial charge in [-0.05, 0) is 49.9 Å². The molecule has 0 aliphatic heterocycles. The zero-order valence-corrected chi connectivity index (χ0v) is 18.9. The highest BCUT2D eigenvalue weighted by molar-refractivity contribution is 7.83. The van der Waals surface area contributed by atoms with Crippen LogP contribution < -0.4 is 10.0 Å². The molecule has 0 saturated carbocycles. The second-order valence-electron chi connectivity index (χ2n) is 8.14. The largest absolute Gasteiger partial charge is 0.444 e. The molecule has 0 heterocycles. The van der Waals surface area contributed by atoms with Crippen LogP contribution in [0.1, 0.15) is 41.0 Å². The number of benzene rings is 2. The van der Waals surface area contributed by atoms with Crippen LogP contribution in [0.3, 0.4) is 0 Å². The molecule has 0 aliphatic rings. The van der Waals surface area contributed by atoms with Crippen molar-refractivity contribution in [2.24, 2.45) is 5.92 Å². The summed E-state index contributed by atoms with van der Waals surface area (Å²) in [5, 5.41) is 2.61. The lowest BCUT2D eigenvalue weighted by atomic mass is 9.99. The van der Waals surface area contributed by atoms with Crippen LogP contribution in [0.2, 0.25) is 0 Å². The van der Waals surface area contributed by atoms with E-state index in [1.54, 1.807) is 39.0 Å². The molecule has 0 bridgehead atoms. The second-order valence-corrected chi connectivity index (χ2v) is 9.35. The standard InChI is InChI=1S/C23H30N2O4S/c1-6-16(2)20(24-22(27)29-23(3,4)5)21(26)25-30(28)19-14-10-13-18(15-19)17-11-8-7-9-12-17/h7-16,20H,6H2,1-5H3,(H,24,27)(H,25,26)/t16-,20-,30?/m0/s1. The van der Waals surface area contributed by atoms with Crippen molar-refractivity contribution in [2.45, 2.75) is 57.6 Å². The van der Waals surface area contributed by atoms with Gasteiger partial charge < -0.3 is 10.1 Å². The first-order valence-electron chi connectivity index (χ1n) is 9.98. The molecule has 0 saturated heterocycles. The van der Waals surface area contributed by atoms with E-state index in [2.05, 4.69) is 10.0 Å². The average molecular weight is 431 g/mol. The summed E-state index contributed by atoms with van der Waals surface area (Å²) in [6.45, 7) is 9.02. The first kappa shape index (κ1) is 23.6. The predicted molar refractivity (Wildman–Crippen MR) is 119 cm³/mol. The highest BCUT2D eigenvalue weighted by Crippen LogP contribution is 2.21. The van der Waals surface area contributed by atoms with Gasteiger partial charge in [0.1, 0.15) is 11.6 Å². The van der Waals surface area contributed by atoms with Gasteiger partial charge in [-0.15, -0.1) is 0 Å². The van der Waals surface area contributed by atoms with Crippen molar-refractivity contribution < 1.29 is 18.5 Å². The molecule has 3 atom stereocenters. The number of alkyl carbamates (subject to hydrolysis) is 1. The van der Waals surface area contributed by atoms with Gasteiger partial charge in [-0.2, -0.15) is 0 Å². The number of nitrogens with one attached hydrogen (secondary N) is 2. The van der Waals surface area contributed by atoms with E-state index >= 15 is 0 Å². The van der Waals surface area contributed by atoms with E-state index in [0.29, 0.717) is 11.3 Å². The quantitative estimate of drug-likeness (QED) is 0.680. The Morgan fingerprint density at radius 3 is 2.27 bits per heavy atom. The molecule has 2 rings (SSSR count). The van der Waals surface area contributed by atoms with Crippen LogP contribution in [-0.2, 0) is 20.5 Å². The Hall–Kier alpha value is -2.67. The van der Waals surface area contributed by atoms with Crippen LogP contribution in [0.25, 0.3) is 11.1 Å². The van der Waals surface area contributed by atoms with Gasteiger partial charge in [0.05, 0.1) is 4.90 Å². The van der Waals surface area contributed by atoms with E-state index in [1.807, 2.05) is 50.2 Å². The lowest BCUT2D eigenvalue weighted by Crippen LogP contribution is -2.51. The van der Waals surface area contributed by atoms with Crippen molar-refractivity contribution in [3.8, 4) is 11.1 Å². The molecule has 1 unspecified atom stereocenters. The zero-order valence-electron chi connectivity index (χ0n) is 18.1. The molecule has 0 fully saturated rings. The molecular weight excluding hydrogens is 400 g/mol. The Bertz CT molecular complexity index is 894. The van der Waals surface area contributed by atoms with Gasteiger partial charge in [0.15, 0.2) is 11.0 Å². The molecule has 162 valence electrons. The van der Waals surface area contributed by atoms with Gasteiger partial charge in [-0.3, -0.25) is 9.52 Å². The van der Waals surface area contributed by atoms with Crippen molar-refractivity contribution in [3.05, 3.63) is 54.6 Å². The van der Waals surface area contributed by atoms with E-state index in [0.717, 1.165) is 11.1 Å². The fraction of sp³-hybridized carbons (Fsp3) is 0.391. The molecule has 6 nitrogen and oxygen atoms in total. The molecule has 7 heteroatoms. The van der Waals surface area contributed by atoms with E-state index in [1.165, 1.54) is 0 Å². The van der Waals surface area contributed by atoms with Crippen LogP contribution in [0, 0.1) is 5.92 Å².